The zero-order chi connectivity index (χ0) is 7.90. The Hall–Kier alpha value is -0.0800. The lowest BCUT2D eigenvalue weighted by molar-refractivity contribution is 0.143. The summed E-state index contributed by atoms with van der Waals surface area (Å²) in [6.45, 7) is 8.34. The Labute approximate surface area is 69.0 Å². The molecule has 0 aromatic carbocycles. The highest BCUT2D eigenvalue weighted by Gasteiger charge is 2.43. The van der Waals surface area contributed by atoms with E-state index in [4.69, 9.17) is 0 Å². The zero-order valence-electron chi connectivity index (χ0n) is 7.56. The SMILES string of the molecule is CC1CN(C2(C)CC2)CCN1. The van der Waals surface area contributed by atoms with E-state index >= 15 is 0 Å². The quantitative estimate of drug-likeness (QED) is 0.602. The Bertz CT molecular complexity index is 152. The van der Waals surface area contributed by atoms with E-state index in [0.29, 0.717) is 11.6 Å². The maximum Gasteiger partial charge on any atom is 0.0184 e. The van der Waals surface area contributed by atoms with E-state index in [9.17, 15) is 0 Å². The highest BCUT2D eigenvalue weighted by molar-refractivity contribution is 5.01. The summed E-state index contributed by atoms with van der Waals surface area (Å²) in [6, 6.07) is 0.696. The van der Waals surface area contributed by atoms with Crippen molar-refractivity contribution in [3.8, 4) is 0 Å². The van der Waals surface area contributed by atoms with Gasteiger partial charge in [-0.2, -0.15) is 0 Å². The van der Waals surface area contributed by atoms with Crippen LogP contribution >= 0.6 is 0 Å². The topological polar surface area (TPSA) is 15.3 Å². The lowest BCUT2D eigenvalue weighted by Crippen LogP contribution is -2.53. The molecule has 2 fully saturated rings. The number of rotatable bonds is 1. The summed E-state index contributed by atoms with van der Waals surface area (Å²) in [5.41, 5.74) is 0.594. The van der Waals surface area contributed by atoms with Crippen molar-refractivity contribution in [1.82, 2.24) is 10.2 Å². The molecule has 1 atom stereocenters. The molecule has 1 aliphatic carbocycles. The molecule has 0 radical (unpaired) electrons. The van der Waals surface area contributed by atoms with Crippen LogP contribution < -0.4 is 5.32 Å². The van der Waals surface area contributed by atoms with Crippen LogP contribution in [0.1, 0.15) is 26.7 Å². The van der Waals surface area contributed by atoms with Crippen LogP contribution in [-0.4, -0.2) is 36.1 Å². The van der Waals surface area contributed by atoms with E-state index < -0.39 is 0 Å². The first kappa shape index (κ1) is 7.56. The number of hydrogen-bond donors (Lipinski definition) is 1. The van der Waals surface area contributed by atoms with Crippen LogP contribution in [0.25, 0.3) is 0 Å². The Morgan fingerprint density at radius 1 is 1.45 bits per heavy atom. The van der Waals surface area contributed by atoms with Crippen molar-refractivity contribution in [2.24, 2.45) is 0 Å². The van der Waals surface area contributed by atoms with Gasteiger partial charge in [-0.25, -0.2) is 0 Å². The second kappa shape index (κ2) is 2.46. The van der Waals surface area contributed by atoms with E-state index in [0.717, 1.165) is 0 Å². The number of piperazine rings is 1. The van der Waals surface area contributed by atoms with E-state index in [1.54, 1.807) is 0 Å². The average molecular weight is 154 g/mol. The summed E-state index contributed by atoms with van der Waals surface area (Å²) in [4.78, 5) is 2.65. The van der Waals surface area contributed by atoms with Crippen LogP contribution in [0.15, 0.2) is 0 Å². The average Bonchev–Trinajstić information content (AvgIpc) is 2.70. The first-order valence-electron chi connectivity index (χ1n) is 4.69. The predicted octanol–water partition coefficient (Wildman–Crippen LogP) is 0.833. The smallest absolute Gasteiger partial charge is 0.0184 e. The summed E-state index contributed by atoms with van der Waals surface area (Å²) in [6.07, 6.45) is 2.83. The van der Waals surface area contributed by atoms with E-state index in [1.165, 1.54) is 32.5 Å². The normalized spacial score (nSPS) is 37.1. The van der Waals surface area contributed by atoms with Gasteiger partial charge in [-0.1, -0.05) is 0 Å². The molecule has 11 heavy (non-hydrogen) atoms. The number of nitrogens with zero attached hydrogens (tertiary/aromatic N) is 1. The maximum atomic E-state index is 3.47. The molecule has 1 aliphatic heterocycles. The third-order valence-corrected chi connectivity index (χ3v) is 3.11. The van der Waals surface area contributed by atoms with Crippen molar-refractivity contribution in [2.75, 3.05) is 19.6 Å². The molecule has 0 spiro atoms. The van der Waals surface area contributed by atoms with Gasteiger partial charge in [0.15, 0.2) is 0 Å². The highest BCUT2D eigenvalue weighted by Crippen LogP contribution is 2.41. The Kier molecular flexibility index (Phi) is 1.69. The van der Waals surface area contributed by atoms with Crippen molar-refractivity contribution < 1.29 is 0 Å². The van der Waals surface area contributed by atoms with E-state index in [-0.39, 0.29) is 0 Å². The lowest BCUT2D eigenvalue weighted by atomic mass is 10.1. The predicted molar refractivity (Wildman–Crippen MR) is 46.7 cm³/mol. The number of nitrogens with one attached hydrogen (secondary N) is 1. The monoisotopic (exact) mass is 154 g/mol. The first-order chi connectivity index (χ1) is 5.21. The van der Waals surface area contributed by atoms with Crippen molar-refractivity contribution in [1.29, 1.82) is 0 Å². The molecule has 0 aromatic heterocycles. The molecular weight excluding hydrogens is 136 g/mol. The zero-order valence-corrected chi connectivity index (χ0v) is 7.56. The van der Waals surface area contributed by atoms with E-state index in [1.807, 2.05) is 0 Å². The van der Waals surface area contributed by atoms with Gasteiger partial charge in [0.05, 0.1) is 0 Å². The van der Waals surface area contributed by atoms with Gasteiger partial charge in [0, 0.05) is 31.2 Å². The summed E-state index contributed by atoms with van der Waals surface area (Å²) in [5.74, 6) is 0. The van der Waals surface area contributed by atoms with Crippen molar-refractivity contribution in [3.05, 3.63) is 0 Å². The second-order valence-corrected chi connectivity index (χ2v) is 4.30. The van der Waals surface area contributed by atoms with Gasteiger partial charge in [0.25, 0.3) is 0 Å². The first-order valence-corrected chi connectivity index (χ1v) is 4.69. The largest absolute Gasteiger partial charge is 0.312 e. The van der Waals surface area contributed by atoms with Crippen LogP contribution in [-0.2, 0) is 0 Å². The molecule has 0 amide bonds. The van der Waals surface area contributed by atoms with Gasteiger partial charge in [0.1, 0.15) is 0 Å². The molecule has 2 heteroatoms. The van der Waals surface area contributed by atoms with Crippen LogP contribution in [0.4, 0.5) is 0 Å². The molecular formula is C9H18N2. The van der Waals surface area contributed by atoms with Crippen molar-refractivity contribution >= 4 is 0 Å². The molecule has 0 bridgehead atoms. The third kappa shape index (κ3) is 1.42. The van der Waals surface area contributed by atoms with Gasteiger partial charge >= 0.3 is 0 Å². The molecule has 2 nitrogen and oxygen atoms in total. The van der Waals surface area contributed by atoms with Gasteiger partial charge in [-0.3, -0.25) is 4.90 Å². The molecule has 0 aromatic rings. The van der Waals surface area contributed by atoms with Crippen LogP contribution in [0, 0.1) is 0 Å². The fraction of sp³-hybridized carbons (Fsp3) is 1.00. The number of hydrogen-bond acceptors (Lipinski definition) is 2. The van der Waals surface area contributed by atoms with Gasteiger partial charge < -0.3 is 5.32 Å². The van der Waals surface area contributed by atoms with Crippen LogP contribution in [0.5, 0.6) is 0 Å². The molecule has 1 unspecified atom stereocenters. The molecule has 1 saturated heterocycles. The Balaban J connectivity index is 1.93. The van der Waals surface area contributed by atoms with Gasteiger partial charge in [0.2, 0.25) is 0 Å². The highest BCUT2D eigenvalue weighted by atomic mass is 15.3. The van der Waals surface area contributed by atoms with Crippen molar-refractivity contribution in [2.45, 2.75) is 38.3 Å². The summed E-state index contributed by atoms with van der Waals surface area (Å²) in [5, 5.41) is 3.47. The standard InChI is InChI=1S/C9H18N2/c1-8-7-11(6-5-10-8)9(2)3-4-9/h8,10H,3-7H2,1-2H3. The molecule has 1 saturated carbocycles. The minimum absolute atomic E-state index is 0.594. The summed E-state index contributed by atoms with van der Waals surface area (Å²) < 4.78 is 0. The van der Waals surface area contributed by atoms with Gasteiger partial charge in [-0.15, -0.1) is 0 Å². The molecule has 64 valence electrons. The minimum Gasteiger partial charge on any atom is -0.312 e. The molecule has 2 aliphatic rings. The molecule has 1 heterocycles. The second-order valence-electron chi connectivity index (χ2n) is 4.30. The van der Waals surface area contributed by atoms with Crippen molar-refractivity contribution in [3.63, 3.8) is 0 Å². The molecule has 2 rings (SSSR count). The maximum absolute atomic E-state index is 3.47. The lowest BCUT2D eigenvalue weighted by Gasteiger charge is -2.36. The van der Waals surface area contributed by atoms with Crippen LogP contribution in [0.3, 0.4) is 0 Å². The Morgan fingerprint density at radius 2 is 2.18 bits per heavy atom. The minimum atomic E-state index is 0.594. The molecule has 1 N–H and O–H groups in total. The Morgan fingerprint density at radius 3 is 2.73 bits per heavy atom. The summed E-state index contributed by atoms with van der Waals surface area (Å²) in [7, 11) is 0. The fourth-order valence-corrected chi connectivity index (χ4v) is 1.92. The van der Waals surface area contributed by atoms with Gasteiger partial charge in [-0.05, 0) is 26.7 Å². The van der Waals surface area contributed by atoms with E-state index in [2.05, 4.69) is 24.1 Å². The third-order valence-electron chi connectivity index (χ3n) is 3.11. The van der Waals surface area contributed by atoms with Crippen LogP contribution in [0.2, 0.25) is 0 Å². The fourth-order valence-electron chi connectivity index (χ4n) is 1.92. The summed E-state index contributed by atoms with van der Waals surface area (Å²) >= 11 is 0.